The molecule has 1 amide bonds. The number of carbonyl (C=O) groups is 1. The van der Waals surface area contributed by atoms with Gasteiger partial charge >= 0.3 is 0 Å². The molecule has 0 atom stereocenters. The summed E-state index contributed by atoms with van der Waals surface area (Å²) in [6.07, 6.45) is 0. The van der Waals surface area contributed by atoms with Crippen LogP contribution in [0.4, 0.5) is 5.69 Å². The number of nitrogens with one attached hydrogen (secondary N) is 1. The van der Waals surface area contributed by atoms with E-state index in [0.717, 1.165) is 22.6 Å². The smallest absolute Gasteiger partial charge is 0.234 e. The molecule has 0 heterocycles. The monoisotopic (exact) mass is 265 g/mol. The molecular formula is C15H23NOS. The highest BCUT2D eigenvalue weighted by Crippen LogP contribution is 2.22. The van der Waals surface area contributed by atoms with Crippen molar-refractivity contribution in [2.24, 2.45) is 5.92 Å². The van der Waals surface area contributed by atoms with E-state index in [9.17, 15) is 4.79 Å². The van der Waals surface area contributed by atoms with Gasteiger partial charge in [-0.25, -0.2) is 0 Å². The maximum absolute atomic E-state index is 11.9. The number of anilines is 1. The SMILES string of the molecule is Cc1cc(C)c(NC(=O)CSCC(C)C)c(C)c1. The minimum Gasteiger partial charge on any atom is -0.325 e. The average Bonchev–Trinajstić information content (AvgIpc) is 2.22. The Hall–Kier alpha value is -0.960. The van der Waals surface area contributed by atoms with Gasteiger partial charge in [0.1, 0.15) is 0 Å². The Kier molecular flexibility index (Phi) is 5.73. The second-order valence-electron chi connectivity index (χ2n) is 5.23. The fourth-order valence-corrected chi connectivity index (χ4v) is 2.79. The van der Waals surface area contributed by atoms with Gasteiger partial charge in [-0.3, -0.25) is 4.79 Å². The minimum absolute atomic E-state index is 0.0932. The molecule has 0 spiro atoms. The molecule has 18 heavy (non-hydrogen) atoms. The molecule has 0 aromatic heterocycles. The van der Waals surface area contributed by atoms with E-state index >= 15 is 0 Å². The zero-order valence-corrected chi connectivity index (χ0v) is 12.8. The third-order valence-corrected chi connectivity index (χ3v) is 3.99. The number of aryl methyl sites for hydroxylation is 3. The van der Waals surface area contributed by atoms with Gasteiger partial charge in [-0.2, -0.15) is 11.8 Å². The summed E-state index contributed by atoms with van der Waals surface area (Å²) < 4.78 is 0. The predicted molar refractivity (Wildman–Crippen MR) is 81.4 cm³/mol. The van der Waals surface area contributed by atoms with Gasteiger partial charge in [0.05, 0.1) is 5.75 Å². The van der Waals surface area contributed by atoms with Crippen LogP contribution >= 0.6 is 11.8 Å². The highest BCUT2D eigenvalue weighted by Gasteiger charge is 2.08. The van der Waals surface area contributed by atoms with Crippen molar-refractivity contribution in [2.45, 2.75) is 34.6 Å². The summed E-state index contributed by atoms with van der Waals surface area (Å²) in [4.78, 5) is 11.9. The number of carbonyl (C=O) groups excluding carboxylic acids is 1. The van der Waals surface area contributed by atoms with Gasteiger partial charge in [0.15, 0.2) is 0 Å². The van der Waals surface area contributed by atoms with Crippen LogP contribution in [0.2, 0.25) is 0 Å². The van der Waals surface area contributed by atoms with Crippen molar-refractivity contribution >= 4 is 23.4 Å². The second kappa shape index (κ2) is 6.83. The minimum atomic E-state index is 0.0932. The van der Waals surface area contributed by atoms with E-state index in [0.29, 0.717) is 11.7 Å². The second-order valence-corrected chi connectivity index (χ2v) is 6.26. The largest absolute Gasteiger partial charge is 0.325 e. The van der Waals surface area contributed by atoms with Crippen LogP contribution in [0.3, 0.4) is 0 Å². The molecule has 0 aliphatic carbocycles. The van der Waals surface area contributed by atoms with Crippen molar-refractivity contribution in [2.75, 3.05) is 16.8 Å². The predicted octanol–water partition coefficient (Wildman–Crippen LogP) is 3.94. The van der Waals surface area contributed by atoms with Gasteiger partial charge < -0.3 is 5.32 Å². The van der Waals surface area contributed by atoms with Crippen LogP contribution < -0.4 is 5.32 Å². The van der Waals surface area contributed by atoms with Crippen LogP contribution in [0.25, 0.3) is 0 Å². The molecule has 0 aliphatic rings. The Morgan fingerprint density at radius 2 is 1.78 bits per heavy atom. The molecule has 0 saturated heterocycles. The lowest BCUT2D eigenvalue weighted by molar-refractivity contribution is -0.113. The van der Waals surface area contributed by atoms with Crippen molar-refractivity contribution in [1.82, 2.24) is 0 Å². The van der Waals surface area contributed by atoms with Gasteiger partial charge in [-0.15, -0.1) is 0 Å². The molecule has 0 unspecified atom stereocenters. The zero-order chi connectivity index (χ0) is 13.7. The van der Waals surface area contributed by atoms with Crippen molar-refractivity contribution in [1.29, 1.82) is 0 Å². The summed E-state index contributed by atoms with van der Waals surface area (Å²) in [5.74, 6) is 2.28. The average molecular weight is 265 g/mol. The van der Waals surface area contributed by atoms with Crippen LogP contribution in [-0.2, 0) is 4.79 Å². The van der Waals surface area contributed by atoms with E-state index in [1.807, 2.05) is 13.8 Å². The van der Waals surface area contributed by atoms with E-state index < -0.39 is 0 Å². The van der Waals surface area contributed by atoms with E-state index in [1.165, 1.54) is 5.56 Å². The fourth-order valence-electron chi connectivity index (χ4n) is 1.94. The molecule has 0 saturated carbocycles. The normalized spacial score (nSPS) is 10.8. The third kappa shape index (κ3) is 4.73. The lowest BCUT2D eigenvalue weighted by Crippen LogP contribution is -2.16. The molecule has 3 heteroatoms. The first-order valence-electron chi connectivity index (χ1n) is 6.35. The lowest BCUT2D eigenvalue weighted by Gasteiger charge is -2.13. The third-order valence-electron chi connectivity index (χ3n) is 2.63. The number of amides is 1. The van der Waals surface area contributed by atoms with Crippen LogP contribution in [0, 0.1) is 26.7 Å². The van der Waals surface area contributed by atoms with Gasteiger partial charge in [-0.05, 0) is 43.6 Å². The molecule has 1 aromatic carbocycles. The number of hydrogen-bond acceptors (Lipinski definition) is 2. The highest BCUT2D eigenvalue weighted by atomic mass is 32.2. The van der Waals surface area contributed by atoms with Gasteiger partial charge in [0.25, 0.3) is 0 Å². The van der Waals surface area contributed by atoms with Gasteiger partial charge in [-0.1, -0.05) is 31.5 Å². The van der Waals surface area contributed by atoms with Crippen LogP contribution in [0.1, 0.15) is 30.5 Å². The zero-order valence-electron chi connectivity index (χ0n) is 12.0. The highest BCUT2D eigenvalue weighted by molar-refractivity contribution is 7.99. The Labute approximate surface area is 115 Å². The van der Waals surface area contributed by atoms with Crippen molar-refractivity contribution in [3.63, 3.8) is 0 Å². The Bertz CT molecular complexity index is 403. The summed E-state index contributed by atoms with van der Waals surface area (Å²) in [6, 6.07) is 4.20. The fraction of sp³-hybridized carbons (Fsp3) is 0.533. The summed E-state index contributed by atoms with van der Waals surface area (Å²) in [5.41, 5.74) is 4.47. The molecule has 0 bridgehead atoms. The first kappa shape index (κ1) is 15.1. The topological polar surface area (TPSA) is 29.1 Å². The number of rotatable bonds is 5. The Morgan fingerprint density at radius 1 is 1.22 bits per heavy atom. The summed E-state index contributed by atoms with van der Waals surface area (Å²) in [5, 5.41) is 3.02. The number of hydrogen-bond donors (Lipinski definition) is 1. The molecule has 0 radical (unpaired) electrons. The van der Waals surface area contributed by atoms with Crippen molar-refractivity contribution in [3.8, 4) is 0 Å². The van der Waals surface area contributed by atoms with Gasteiger partial charge in [0, 0.05) is 5.69 Å². The van der Waals surface area contributed by atoms with Crippen LogP contribution in [0.15, 0.2) is 12.1 Å². The number of thioether (sulfide) groups is 1. The van der Waals surface area contributed by atoms with E-state index in [1.54, 1.807) is 11.8 Å². The standard InChI is InChI=1S/C15H23NOS/c1-10(2)8-18-9-14(17)16-15-12(4)6-11(3)7-13(15)5/h6-7,10H,8-9H2,1-5H3,(H,16,17). The molecule has 1 rings (SSSR count). The molecule has 2 nitrogen and oxygen atoms in total. The molecule has 0 fully saturated rings. The van der Waals surface area contributed by atoms with Gasteiger partial charge in [0.2, 0.25) is 5.91 Å². The van der Waals surface area contributed by atoms with E-state index in [4.69, 9.17) is 0 Å². The van der Waals surface area contributed by atoms with Crippen molar-refractivity contribution in [3.05, 3.63) is 28.8 Å². The Balaban J connectivity index is 2.59. The maximum atomic E-state index is 11.9. The molecule has 1 N–H and O–H groups in total. The maximum Gasteiger partial charge on any atom is 0.234 e. The van der Waals surface area contributed by atoms with Crippen LogP contribution in [0.5, 0.6) is 0 Å². The Morgan fingerprint density at radius 3 is 2.28 bits per heavy atom. The quantitative estimate of drug-likeness (QED) is 0.873. The summed E-state index contributed by atoms with van der Waals surface area (Å²) in [7, 11) is 0. The lowest BCUT2D eigenvalue weighted by atomic mass is 10.1. The molecule has 100 valence electrons. The van der Waals surface area contributed by atoms with E-state index in [-0.39, 0.29) is 5.91 Å². The molecule has 0 aliphatic heterocycles. The molecular weight excluding hydrogens is 242 g/mol. The first-order chi connectivity index (χ1) is 8.40. The van der Waals surface area contributed by atoms with Crippen LogP contribution in [-0.4, -0.2) is 17.4 Å². The summed E-state index contributed by atoms with van der Waals surface area (Å²) >= 11 is 1.69. The summed E-state index contributed by atoms with van der Waals surface area (Å²) in [6.45, 7) is 10.5. The van der Waals surface area contributed by atoms with Crippen molar-refractivity contribution < 1.29 is 4.79 Å². The number of benzene rings is 1. The molecule has 1 aromatic rings. The van der Waals surface area contributed by atoms with E-state index in [2.05, 4.69) is 38.2 Å². The first-order valence-corrected chi connectivity index (χ1v) is 7.51.